The fourth-order valence-corrected chi connectivity index (χ4v) is 4.78. The van der Waals surface area contributed by atoms with Crippen LogP contribution in [0.4, 0.5) is 18.9 Å². The van der Waals surface area contributed by atoms with Gasteiger partial charge in [-0.1, -0.05) is 48.5 Å². The lowest BCUT2D eigenvalue weighted by molar-refractivity contribution is -0.184. The average Bonchev–Trinajstić information content (AvgIpc) is 2.99. The minimum atomic E-state index is -4.26. The summed E-state index contributed by atoms with van der Waals surface area (Å²) in [5.41, 5.74) is 2.69. The molecule has 1 heterocycles. The number of hydrogen-bond donors (Lipinski definition) is 2. The van der Waals surface area contributed by atoms with Gasteiger partial charge in [0.25, 0.3) is 5.91 Å². The number of carbonyl (C=O) groups is 3. The molecule has 196 valence electrons. The molecule has 0 spiro atoms. The second-order valence-electron chi connectivity index (χ2n) is 9.49. The van der Waals surface area contributed by atoms with Crippen LogP contribution in [0.5, 0.6) is 0 Å². The molecular formula is C27H29F3N4O3. The number of para-hydroxylation sites is 1. The predicted octanol–water partition coefficient (Wildman–Crippen LogP) is 3.82. The maximum atomic E-state index is 13.2. The van der Waals surface area contributed by atoms with Gasteiger partial charge in [-0.05, 0) is 38.7 Å². The molecule has 1 fully saturated rings. The van der Waals surface area contributed by atoms with Crippen molar-refractivity contribution in [3.05, 3.63) is 65.7 Å². The van der Waals surface area contributed by atoms with Crippen molar-refractivity contribution in [2.75, 3.05) is 11.9 Å². The Morgan fingerprint density at radius 3 is 2.27 bits per heavy atom. The molecule has 2 aromatic carbocycles. The highest BCUT2D eigenvalue weighted by atomic mass is 19.4. The number of anilines is 1. The van der Waals surface area contributed by atoms with Crippen molar-refractivity contribution in [2.45, 2.75) is 51.0 Å². The molecule has 0 bridgehead atoms. The SMILES string of the molecule is C[C@H](NC(=O)C1CCC(C(F)(F)F)CC1)C(=O)N[C@H]1N=C(c2ccccc2)c2ccccc2N(C)C1=O. The van der Waals surface area contributed by atoms with Crippen molar-refractivity contribution in [1.82, 2.24) is 10.6 Å². The standard InChI is InChI=1S/C27H29F3N4O3/c1-16(31-25(36)18-12-14-19(15-13-18)27(28,29)30)24(35)33-23-26(37)34(2)21-11-7-6-10-20(21)22(32-23)17-8-4-3-5-9-17/h3-11,16,18-19,23H,12-15H2,1-2H3,(H,31,36)(H,33,35)/t16-,18?,19?,23+/m0/s1. The van der Waals surface area contributed by atoms with E-state index in [4.69, 9.17) is 0 Å². The second kappa shape index (κ2) is 10.7. The Kier molecular flexibility index (Phi) is 7.65. The molecule has 2 N–H and O–H groups in total. The van der Waals surface area contributed by atoms with Crippen molar-refractivity contribution < 1.29 is 27.6 Å². The zero-order chi connectivity index (χ0) is 26.7. The number of fused-ring (bicyclic) bond motifs is 1. The van der Waals surface area contributed by atoms with Crippen LogP contribution >= 0.6 is 0 Å². The third-order valence-corrected chi connectivity index (χ3v) is 6.98. The van der Waals surface area contributed by atoms with Crippen LogP contribution in [0, 0.1) is 11.8 Å². The van der Waals surface area contributed by atoms with E-state index in [1.54, 1.807) is 13.1 Å². The number of halogens is 3. The maximum Gasteiger partial charge on any atom is 0.391 e. The lowest BCUT2D eigenvalue weighted by Crippen LogP contribution is -2.53. The van der Waals surface area contributed by atoms with E-state index in [1.165, 1.54) is 11.8 Å². The summed E-state index contributed by atoms with van der Waals surface area (Å²) in [5, 5.41) is 5.22. The minimum Gasteiger partial charge on any atom is -0.344 e. The van der Waals surface area contributed by atoms with Crippen LogP contribution in [0.15, 0.2) is 59.6 Å². The number of nitrogens with zero attached hydrogens (tertiary/aromatic N) is 2. The number of rotatable bonds is 5. The molecule has 2 aliphatic rings. The minimum absolute atomic E-state index is 0.109. The smallest absolute Gasteiger partial charge is 0.344 e. The molecule has 1 aliphatic heterocycles. The van der Waals surface area contributed by atoms with Gasteiger partial charge in [-0.3, -0.25) is 14.4 Å². The van der Waals surface area contributed by atoms with Gasteiger partial charge in [-0.15, -0.1) is 0 Å². The normalized spacial score (nSPS) is 22.8. The number of carbonyl (C=O) groups excluding carboxylic acids is 3. The van der Waals surface area contributed by atoms with Gasteiger partial charge in [0, 0.05) is 24.1 Å². The highest BCUT2D eigenvalue weighted by molar-refractivity contribution is 6.20. The summed E-state index contributed by atoms with van der Waals surface area (Å²) in [6, 6.07) is 15.6. The first-order valence-electron chi connectivity index (χ1n) is 12.2. The van der Waals surface area contributed by atoms with Gasteiger partial charge in [0.15, 0.2) is 0 Å². The Hall–Kier alpha value is -3.69. The number of likely N-dealkylation sites (N-methyl/N-ethyl adjacent to an activating group) is 1. The van der Waals surface area contributed by atoms with Crippen molar-refractivity contribution in [1.29, 1.82) is 0 Å². The van der Waals surface area contributed by atoms with Gasteiger partial charge >= 0.3 is 6.18 Å². The molecule has 1 saturated carbocycles. The lowest BCUT2D eigenvalue weighted by Gasteiger charge is -2.29. The van der Waals surface area contributed by atoms with E-state index in [0.717, 1.165) is 11.1 Å². The van der Waals surface area contributed by atoms with Gasteiger partial charge in [0.1, 0.15) is 6.04 Å². The summed E-state index contributed by atoms with van der Waals surface area (Å²) in [5.74, 6) is -3.51. The topological polar surface area (TPSA) is 90.9 Å². The summed E-state index contributed by atoms with van der Waals surface area (Å²) >= 11 is 0. The zero-order valence-electron chi connectivity index (χ0n) is 20.6. The van der Waals surface area contributed by atoms with Crippen LogP contribution in [-0.4, -0.2) is 48.9 Å². The summed E-state index contributed by atoms with van der Waals surface area (Å²) in [6.07, 6.45) is -5.49. The van der Waals surface area contributed by atoms with Crippen LogP contribution in [0.25, 0.3) is 0 Å². The first-order chi connectivity index (χ1) is 17.6. The molecule has 10 heteroatoms. The predicted molar refractivity (Wildman–Crippen MR) is 133 cm³/mol. The van der Waals surface area contributed by atoms with Gasteiger partial charge in [-0.25, -0.2) is 4.99 Å². The Bertz CT molecular complexity index is 1190. The van der Waals surface area contributed by atoms with Gasteiger partial charge in [0.2, 0.25) is 18.0 Å². The number of hydrogen-bond acceptors (Lipinski definition) is 4. The van der Waals surface area contributed by atoms with E-state index in [2.05, 4.69) is 15.6 Å². The summed E-state index contributed by atoms with van der Waals surface area (Å²) in [4.78, 5) is 44.9. The van der Waals surface area contributed by atoms with Crippen LogP contribution in [0.1, 0.15) is 43.7 Å². The largest absolute Gasteiger partial charge is 0.391 e. The molecule has 0 unspecified atom stereocenters. The fourth-order valence-electron chi connectivity index (χ4n) is 4.78. The monoisotopic (exact) mass is 514 g/mol. The Balaban J connectivity index is 1.47. The summed E-state index contributed by atoms with van der Waals surface area (Å²) in [7, 11) is 1.60. The van der Waals surface area contributed by atoms with Crippen molar-refractivity contribution in [2.24, 2.45) is 16.8 Å². The van der Waals surface area contributed by atoms with Crippen molar-refractivity contribution in [3.8, 4) is 0 Å². The van der Waals surface area contributed by atoms with Gasteiger partial charge in [0.05, 0.1) is 17.3 Å². The van der Waals surface area contributed by atoms with E-state index in [9.17, 15) is 27.6 Å². The molecule has 7 nitrogen and oxygen atoms in total. The summed E-state index contributed by atoms with van der Waals surface area (Å²) < 4.78 is 38.8. The molecule has 1 aliphatic carbocycles. The number of nitrogens with one attached hydrogen (secondary N) is 2. The van der Waals surface area contributed by atoms with Gasteiger partial charge in [-0.2, -0.15) is 13.2 Å². The molecule has 37 heavy (non-hydrogen) atoms. The third-order valence-electron chi connectivity index (χ3n) is 6.98. The van der Waals surface area contributed by atoms with Crippen LogP contribution in [0.2, 0.25) is 0 Å². The second-order valence-corrected chi connectivity index (χ2v) is 9.49. The molecule has 2 atom stereocenters. The number of aliphatic imine (C=N–C) groups is 1. The van der Waals surface area contributed by atoms with Crippen LogP contribution in [0.3, 0.4) is 0 Å². The van der Waals surface area contributed by atoms with E-state index in [0.29, 0.717) is 11.4 Å². The van der Waals surface area contributed by atoms with Crippen molar-refractivity contribution >= 4 is 29.1 Å². The highest BCUT2D eigenvalue weighted by Crippen LogP contribution is 2.39. The Morgan fingerprint density at radius 1 is 1.00 bits per heavy atom. The van der Waals surface area contributed by atoms with Crippen LogP contribution in [-0.2, 0) is 14.4 Å². The number of benzodiazepines with no additional fused rings is 1. The lowest BCUT2D eigenvalue weighted by atomic mass is 9.81. The van der Waals surface area contributed by atoms with E-state index in [1.807, 2.05) is 48.5 Å². The third kappa shape index (κ3) is 5.84. The van der Waals surface area contributed by atoms with Gasteiger partial charge < -0.3 is 15.5 Å². The van der Waals surface area contributed by atoms with E-state index >= 15 is 0 Å². The molecule has 3 amide bonds. The Morgan fingerprint density at radius 2 is 1.62 bits per heavy atom. The Labute approximate surface area is 213 Å². The first kappa shape index (κ1) is 26.4. The molecule has 0 saturated heterocycles. The van der Waals surface area contributed by atoms with Crippen LogP contribution < -0.4 is 15.5 Å². The zero-order valence-corrected chi connectivity index (χ0v) is 20.6. The molecule has 0 radical (unpaired) electrons. The molecule has 4 rings (SSSR count). The number of alkyl halides is 3. The molecule has 2 aromatic rings. The number of amides is 3. The van der Waals surface area contributed by atoms with Crippen molar-refractivity contribution in [3.63, 3.8) is 0 Å². The van der Waals surface area contributed by atoms with E-state index < -0.39 is 47.9 Å². The first-order valence-corrected chi connectivity index (χ1v) is 12.2. The highest BCUT2D eigenvalue weighted by Gasteiger charge is 2.42. The molecule has 0 aromatic heterocycles. The summed E-state index contributed by atoms with van der Waals surface area (Å²) in [6.45, 7) is 1.47. The maximum absolute atomic E-state index is 13.2. The quantitative estimate of drug-likeness (QED) is 0.636. The molecular weight excluding hydrogens is 485 g/mol. The average molecular weight is 515 g/mol. The number of benzene rings is 2. The van der Waals surface area contributed by atoms with E-state index in [-0.39, 0.29) is 25.7 Å². The fraction of sp³-hybridized carbons (Fsp3) is 0.407.